The van der Waals surface area contributed by atoms with E-state index < -0.39 is 0 Å². The van der Waals surface area contributed by atoms with Gasteiger partial charge in [-0.15, -0.1) is 0 Å². The van der Waals surface area contributed by atoms with Crippen LogP contribution >= 0.6 is 0 Å². The number of nitrogens with zero attached hydrogens (tertiary/aromatic N) is 5. The molecule has 1 atom stereocenters. The molecule has 1 N–H and O–H groups in total. The number of aromatic amines is 1. The first-order valence-corrected chi connectivity index (χ1v) is 7.86. The molecule has 0 saturated carbocycles. The summed E-state index contributed by atoms with van der Waals surface area (Å²) in [6.07, 6.45) is 11.3. The molecule has 6 heteroatoms. The smallest absolute Gasteiger partial charge is 0.157 e. The highest BCUT2D eigenvalue weighted by Gasteiger charge is 2.28. The van der Waals surface area contributed by atoms with Crippen LogP contribution in [0.15, 0.2) is 49.2 Å². The lowest BCUT2D eigenvalue weighted by Crippen LogP contribution is -2.24. The summed E-state index contributed by atoms with van der Waals surface area (Å²) in [6.45, 7) is 1.91. The number of pyridine rings is 1. The first kappa shape index (κ1) is 14.0. The summed E-state index contributed by atoms with van der Waals surface area (Å²) in [5, 5.41) is 0. The second-order valence-corrected chi connectivity index (χ2v) is 5.72. The Morgan fingerprint density at radius 2 is 2.17 bits per heavy atom. The van der Waals surface area contributed by atoms with Crippen LogP contribution in [-0.2, 0) is 6.54 Å². The molecule has 116 valence electrons. The predicted octanol–water partition coefficient (Wildman–Crippen LogP) is 2.60. The zero-order valence-corrected chi connectivity index (χ0v) is 12.8. The second kappa shape index (κ2) is 6.26. The van der Waals surface area contributed by atoms with Crippen molar-refractivity contribution in [1.82, 2.24) is 29.8 Å². The molecular weight excluding hydrogens is 288 g/mol. The van der Waals surface area contributed by atoms with Crippen LogP contribution in [0.4, 0.5) is 0 Å². The van der Waals surface area contributed by atoms with Crippen LogP contribution < -0.4 is 0 Å². The fraction of sp³-hybridized carbons (Fsp3) is 0.294. The molecule has 0 aromatic carbocycles. The van der Waals surface area contributed by atoms with Crippen molar-refractivity contribution < 1.29 is 0 Å². The monoisotopic (exact) mass is 306 g/mol. The maximum absolute atomic E-state index is 4.77. The van der Waals surface area contributed by atoms with E-state index in [-0.39, 0.29) is 0 Å². The zero-order chi connectivity index (χ0) is 15.5. The number of hydrogen-bond donors (Lipinski definition) is 1. The van der Waals surface area contributed by atoms with E-state index in [1.165, 1.54) is 6.42 Å². The largest absolute Gasteiger partial charge is 0.343 e. The Morgan fingerprint density at radius 3 is 3.00 bits per heavy atom. The average Bonchev–Trinajstić information content (AvgIpc) is 3.28. The Kier molecular flexibility index (Phi) is 3.81. The van der Waals surface area contributed by atoms with E-state index in [4.69, 9.17) is 4.98 Å². The summed E-state index contributed by atoms with van der Waals surface area (Å²) in [5.41, 5.74) is 2.89. The SMILES string of the molecule is c1ccc(CN2CCCC2c2cncc(-c3ncc[nH]3)n2)nc1. The predicted molar refractivity (Wildman–Crippen MR) is 86.2 cm³/mol. The molecular formula is C17H18N6. The normalized spacial score (nSPS) is 18.3. The molecule has 1 aliphatic heterocycles. The standard InChI is InChI=1S/C17H18N6/c1-2-6-19-13(4-1)12-23-9-3-5-16(23)14-10-18-11-15(22-14)17-20-7-8-21-17/h1-2,4,6-8,10-11,16H,3,5,9,12H2,(H,20,21). The van der Waals surface area contributed by atoms with Gasteiger partial charge in [-0.05, 0) is 31.5 Å². The van der Waals surface area contributed by atoms with E-state index in [0.29, 0.717) is 6.04 Å². The molecule has 3 aromatic heterocycles. The lowest BCUT2D eigenvalue weighted by atomic mass is 10.1. The van der Waals surface area contributed by atoms with Crippen molar-refractivity contribution in [3.05, 3.63) is 60.6 Å². The average molecular weight is 306 g/mol. The minimum atomic E-state index is 0.291. The summed E-state index contributed by atoms with van der Waals surface area (Å²) in [4.78, 5) is 23.3. The number of likely N-dealkylation sites (tertiary alicyclic amines) is 1. The number of rotatable bonds is 4. The van der Waals surface area contributed by atoms with E-state index in [2.05, 4.69) is 30.9 Å². The molecule has 0 aliphatic carbocycles. The Labute approximate surface area is 134 Å². The fourth-order valence-corrected chi connectivity index (χ4v) is 3.11. The van der Waals surface area contributed by atoms with Gasteiger partial charge in [-0.1, -0.05) is 6.07 Å². The summed E-state index contributed by atoms with van der Waals surface area (Å²) in [6, 6.07) is 6.34. The van der Waals surface area contributed by atoms with E-state index in [0.717, 1.165) is 42.4 Å². The summed E-state index contributed by atoms with van der Waals surface area (Å²) in [5.74, 6) is 0.758. The molecule has 0 radical (unpaired) electrons. The van der Waals surface area contributed by atoms with Gasteiger partial charge >= 0.3 is 0 Å². The molecule has 1 unspecified atom stereocenters. The second-order valence-electron chi connectivity index (χ2n) is 5.72. The van der Waals surface area contributed by atoms with Crippen LogP contribution in [0.25, 0.3) is 11.5 Å². The van der Waals surface area contributed by atoms with Gasteiger partial charge in [0, 0.05) is 25.1 Å². The van der Waals surface area contributed by atoms with Gasteiger partial charge in [-0.25, -0.2) is 9.97 Å². The first-order chi connectivity index (χ1) is 11.4. The maximum Gasteiger partial charge on any atom is 0.157 e. The van der Waals surface area contributed by atoms with Crippen molar-refractivity contribution in [2.45, 2.75) is 25.4 Å². The molecule has 4 rings (SSSR count). The van der Waals surface area contributed by atoms with Crippen molar-refractivity contribution in [2.75, 3.05) is 6.54 Å². The van der Waals surface area contributed by atoms with Crippen molar-refractivity contribution in [3.8, 4) is 11.5 Å². The van der Waals surface area contributed by atoms with Gasteiger partial charge in [0.2, 0.25) is 0 Å². The first-order valence-electron chi connectivity index (χ1n) is 7.86. The van der Waals surface area contributed by atoms with Gasteiger partial charge in [0.1, 0.15) is 5.69 Å². The molecule has 1 fully saturated rings. The lowest BCUT2D eigenvalue weighted by Gasteiger charge is -2.23. The topological polar surface area (TPSA) is 70.6 Å². The number of H-pyrrole nitrogens is 1. The molecule has 0 amide bonds. The number of hydrogen-bond acceptors (Lipinski definition) is 5. The van der Waals surface area contributed by atoms with Crippen LogP contribution in [-0.4, -0.2) is 36.4 Å². The molecule has 4 heterocycles. The Bertz CT molecular complexity index is 756. The van der Waals surface area contributed by atoms with E-state index >= 15 is 0 Å². The Balaban J connectivity index is 1.58. The van der Waals surface area contributed by atoms with Crippen molar-refractivity contribution >= 4 is 0 Å². The minimum absolute atomic E-state index is 0.291. The van der Waals surface area contributed by atoms with Crippen LogP contribution in [0.2, 0.25) is 0 Å². The lowest BCUT2D eigenvalue weighted by molar-refractivity contribution is 0.241. The number of nitrogens with one attached hydrogen (secondary N) is 1. The zero-order valence-electron chi connectivity index (χ0n) is 12.8. The van der Waals surface area contributed by atoms with Crippen LogP contribution in [0, 0.1) is 0 Å². The fourth-order valence-electron chi connectivity index (χ4n) is 3.11. The highest BCUT2D eigenvalue weighted by atomic mass is 15.2. The number of aromatic nitrogens is 5. The van der Waals surface area contributed by atoms with Crippen molar-refractivity contribution in [2.24, 2.45) is 0 Å². The van der Waals surface area contributed by atoms with E-state index in [9.17, 15) is 0 Å². The summed E-state index contributed by atoms with van der Waals surface area (Å²) in [7, 11) is 0. The summed E-state index contributed by atoms with van der Waals surface area (Å²) < 4.78 is 0. The quantitative estimate of drug-likeness (QED) is 0.802. The third-order valence-electron chi connectivity index (χ3n) is 4.19. The highest BCUT2D eigenvalue weighted by molar-refractivity contribution is 5.47. The van der Waals surface area contributed by atoms with Gasteiger partial charge in [-0.2, -0.15) is 0 Å². The molecule has 23 heavy (non-hydrogen) atoms. The van der Waals surface area contributed by atoms with Gasteiger partial charge in [-0.3, -0.25) is 14.9 Å². The van der Waals surface area contributed by atoms with E-state index in [1.807, 2.05) is 24.5 Å². The summed E-state index contributed by atoms with van der Waals surface area (Å²) >= 11 is 0. The maximum atomic E-state index is 4.77. The van der Waals surface area contributed by atoms with Crippen molar-refractivity contribution in [3.63, 3.8) is 0 Å². The Morgan fingerprint density at radius 1 is 1.17 bits per heavy atom. The van der Waals surface area contributed by atoms with Crippen molar-refractivity contribution in [1.29, 1.82) is 0 Å². The molecule has 6 nitrogen and oxygen atoms in total. The van der Waals surface area contributed by atoms with Crippen LogP contribution in [0.5, 0.6) is 0 Å². The van der Waals surface area contributed by atoms with Gasteiger partial charge in [0.05, 0.1) is 29.8 Å². The van der Waals surface area contributed by atoms with Crippen LogP contribution in [0.1, 0.15) is 30.3 Å². The highest BCUT2D eigenvalue weighted by Crippen LogP contribution is 2.32. The molecule has 0 bridgehead atoms. The third-order valence-corrected chi connectivity index (χ3v) is 4.19. The van der Waals surface area contributed by atoms with Gasteiger partial charge < -0.3 is 4.98 Å². The molecule has 1 saturated heterocycles. The molecule has 0 spiro atoms. The van der Waals surface area contributed by atoms with Gasteiger partial charge in [0.25, 0.3) is 0 Å². The third kappa shape index (κ3) is 2.98. The number of imidazole rings is 1. The van der Waals surface area contributed by atoms with E-state index in [1.54, 1.807) is 18.6 Å². The Hall–Kier alpha value is -2.60. The molecule has 3 aromatic rings. The van der Waals surface area contributed by atoms with Crippen LogP contribution in [0.3, 0.4) is 0 Å². The minimum Gasteiger partial charge on any atom is -0.343 e. The molecule has 1 aliphatic rings. The van der Waals surface area contributed by atoms with Gasteiger partial charge in [0.15, 0.2) is 5.82 Å².